The van der Waals surface area contributed by atoms with Crippen molar-refractivity contribution in [1.82, 2.24) is 0 Å². The topological polar surface area (TPSA) is 66.8 Å². The van der Waals surface area contributed by atoms with Crippen molar-refractivity contribution in [3.8, 4) is 0 Å². The van der Waals surface area contributed by atoms with E-state index in [1.165, 1.54) is 24.8 Å². The maximum absolute atomic E-state index is 11.0. The van der Waals surface area contributed by atoms with Crippen molar-refractivity contribution in [2.45, 2.75) is 76.1 Å². The zero-order valence-corrected chi connectivity index (χ0v) is 16.5. The molecule has 2 N–H and O–H groups in total. The summed E-state index contributed by atoms with van der Waals surface area (Å²) in [4.78, 5) is 11.0. The van der Waals surface area contributed by atoms with E-state index in [2.05, 4.69) is 12.2 Å². The van der Waals surface area contributed by atoms with E-state index in [1.807, 2.05) is 12.1 Å². The molecular formula is C24H32O4. The SMILES string of the molecule is O=C(O)c1ccc(CC[C@H]2[C@@H](/C=C/C(O)C3CCCCC3)[C@H]3CC[C@@H]2O3)cc1. The van der Waals surface area contributed by atoms with Crippen LogP contribution in [0.15, 0.2) is 36.4 Å². The lowest BCUT2D eigenvalue weighted by molar-refractivity contribution is 0.0696. The Hall–Kier alpha value is -1.65. The van der Waals surface area contributed by atoms with Gasteiger partial charge in [-0.05, 0) is 68.1 Å². The monoisotopic (exact) mass is 384 g/mol. The van der Waals surface area contributed by atoms with Crippen molar-refractivity contribution in [2.24, 2.45) is 17.8 Å². The molecule has 2 aliphatic heterocycles. The molecule has 4 heteroatoms. The smallest absolute Gasteiger partial charge is 0.335 e. The van der Waals surface area contributed by atoms with E-state index in [4.69, 9.17) is 9.84 Å². The second-order valence-electron chi connectivity index (χ2n) is 8.85. The number of carbonyl (C=O) groups is 1. The predicted molar refractivity (Wildman–Crippen MR) is 108 cm³/mol. The number of aliphatic hydroxyl groups is 1. The second-order valence-corrected chi connectivity index (χ2v) is 8.85. The van der Waals surface area contributed by atoms with Gasteiger partial charge in [-0.25, -0.2) is 4.79 Å². The van der Waals surface area contributed by atoms with E-state index in [-0.39, 0.29) is 6.10 Å². The van der Waals surface area contributed by atoms with E-state index in [0.29, 0.717) is 35.5 Å². The fourth-order valence-corrected chi connectivity index (χ4v) is 5.48. The van der Waals surface area contributed by atoms with E-state index in [0.717, 1.165) is 38.5 Å². The lowest BCUT2D eigenvalue weighted by Crippen LogP contribution is -2.27. The average Bonchev–Trinajstić information content (AvgIpc) is 3.33. The van der Waals surface area contributed by atoms with Crippen LogP contribution in [0.25, 0.3) is 0 Å². The number of hydrogen-bond donors (Lipinski definition) is 2. The molecule has 2 saturated heterocycles. The first-order valence-corrected chi connectivity index (χ1v) is 11.0. The number of aliphatic hydroxyl groups excluding tert-OH is 1. The minimum atomic E-state index is -0.880. The Morgan fingerprint density at radius 3 is 2.50 bits per heavy atom. The number of carboxylic acid groups (broad SMARTS) is 1. The zero-order valence-electron chi connectivity index (χ0n) is 16.5. The number of rotatable bonds is 7. The van der Waals surface area contributed by atoms with Gasteiger partial charge in [-0.3, -0.25) is 0 Å². The van der Waals surface area contributed by atoms with E-state index < -0.39 is 5.97 Å². The summed E-state index contributed by atoms with van der Waals surface area (Å²) >= 11 is 0. The molecule has 1 unspecified atom stereocenters. The predicted octanol–water partition coefficient (Wildman–Crippen LogP) is 4.61. The van der Waals surface area contributed by atoms with Crippen molar-refractivity contribution >= 4 is 5.97 Å². The Kier molecular flexibility index (Phi) is 6.17. The van der Waals surface area contributed by atoms with Gasteiger partial charge in [-0.1, -0.05) is 43.5 Å². The van der Waals surface area contributed by atoms with E-state index in [1.54, 1.807) is 12.1 Å². The first kappa shape index (κ1) is 19.7. The normalized spacial score (nSPS) is 31.5. The molecule has 4 rings (SSSR count). The highest BCUT2D eigenvalue weighted by Crippen LogP contribution is 2.46. The number of aryl methyl sites for hydroxylation is 1. The molecule has 1 aliphatic carbocycles. The van der Waals surface area contributed by atoms with Gasteiger partial charge in [0.15, 0.2) is 0 Å². The maximum atomic E-state index is 11.0. The van der Waals surface area contributed by atoms with Crippen LogP contribution < -0.4 is 0 Å². The third kappa shape index (κ3) is 4.33. The minimum absolute atomic E-state index is 0.305. The third-order valence-corrected chi connectivity index (χ3v) is 7.12. The fraction of sp³-hybridized carbons (Fsp3) is 0.625. The van der Waals surface area contributed by atoms with Gasteiger partial charge in [0, 0.05) is 5.92 Å². The molecule has 0 amide bonds. The van der Waals surface area contributed by atoms with E-state index in [9.17, 15) is 9.90 Å². The molecule has 0 aromatic heterocycles. The molecule has 2 bridgehead atoms. The molecule has 2 heterocycles. The quantitative estimate of drug-likeness (QED) is 0.674. The Balaban J connectivity index is 1.36. The summed E-state index contributed by atoms with van der Waals surface area (Å²) < 4.78 is 6.20. The van der Waals surface area contributed by atoms with Crippen LogP contribution in [-0.2, 0) is 11.2 Å². The van der Waals surface area contributed by atoms with Crippen molar-refractivity contribution in [1.29, 1.82) is 0 Å². The largest absolute Gasteiger partial charge is 0.478 e. The highest BCUT2D eigenvalue weighted by Gasteiger charge is 2.47. The van der Waals surface area contributed by atoms with Gasteiger partial charge in [0.25, 0.3) is 0 Å². The van der Waals surface area contributed by atoms with Crippen LogP contribution in [0.1, 0.15) is 67.3 Å². The number of ether oxygens (including phenoxy) is 1. The van der Waals surface area contributed by atoms with Crippen LogP contribution in [-0.4, -0.2) is 34.5 Å². The Bertz CT molecular complexity index is 689. The standard InChI is InChI=1S/C24H32O4/c25-21(17-4-2-1-3-5-17)13-12-20-19(22-14-15-23(20)28-22)11-8-16-6-9-18(10-7-16)24(26)27/h6-7,9-10,12-13,17,19-23,25H,1-5,8,11,14-15H2,(H,26,27)/b13-12+/t19-,20+,21?,22-,23+/m0/s1. The molecular weight excluding hydrogens is 352 g/mol. The lowest BCUT2D eigenvalue weighted by Gasteiger charge is -2.27. The van der Waals surface area contributed by atoms with Crippen LogP contribution in [0.4, 0.5) is 0 Å². The first-order valence-electron chi connectivity index (χ1n) is 11.0. The van der Waals surface area contributed by atoms with Gasteiger partial charge in [0.2, 0.25) is 0 Å². The number of benzene rings is 1. The van der Waals surface area contributed by atoms with Crippen molar-refractivity contribution in [3.05, 3.63) is 47.5 Å². The molecule has 152 valence electrons. The number of fused-ring (bicyclic) bond motifs is 2. The number of carboxylic acids is 1. The highest BCUT2D eigenvalue weighted by molar-refractivity contribution is 5.87. The van der Waals surface area contributed by atoms with Gasteiger partial charge in [0.1, 0.15) is 0 Å². The van der Waals surface area contributed by atoms with Gasteiger partial charge < -0.3 is 14.9 Å². The average molecular weight is 385 g/mol. The van der Waals surface area contributed by atoms with Gasteiger partial charge in [-0.2, -0.15) is 0 Å². The Morgan fingerprint density at radius 2 is 1.79 bits per heavy atom. The molecule has 5 atom stereocenters. The van der Waals surface area contributed by atoms with Gasteiger partial charge >= 0.3 is 5.97 Å². The Labute approximate surface area is 167 Å². The van der Waals surface area contributed by atoms with Crippen LogP contribution in [0, 0.1) is 17.8 Å². The number of hydrogen-bond acceptors (Lipinski definition) is 3. The third-order valence-electron chi connectivity index (χ3n) is 7.12. The van der Waals surface area contributed by atoms with Crippen LogP contribution in [0.2, 0.25) is 0 Å². The summed E-state index contributed by atoms with van der Waals surface area (Å²) in [5, 5.41) is 19.6. The summed E-state index contributed by atoms with van der Waals surface area (Å²) in [6.45, 7) is 0. The summed E-state index contributed by atoms with van der Waals surface area (Å²) in [6.07, 6.45) is 15.0. The molecule has 0 radical (unpaired) electrons. The van der Waals surface area contributed by atoms with E-state index >= 15 is 0 Å². The second kappa shape index (κ2) is 8.79. The Morgan fingerprint density at radius 1 is 1.07 bits per heavy atom. The number of aromatic carboxylic acids is 1. The molecule has 28 heavy (non-hydrogen) atoms. The maximum Gasteiger partial charge on any atom is 0.335 e. The molecule has 4 nitrogen and oxygen atoms in total. The van der Waals surface area contributed by atoms with Crippen molar-refractivity contribution in [2.75, 3.05) is 0 Å². The van der Waals surface area contributed by atoms with Crippen LogP contribution in [0.5, 0.6) is 0 Å². The molecule has 1 aromatic carbocycles. The molecule has 3 aliphatic rings. The molecule has 0 spiro atoms. The van der Waals surface area contributed by atoms with Gasteiger partial charge in [-0.15, -0.1) is 0 Å². The zero-order chi connectivity index (χ0) is 19.5. The molecule has 3 fully saturated rings. The summed E-state index contributed by atoms with van der Waals surface area (Å²) in [5.41, 5.74) is 1.52. The first-order chi connectivity index (χ1) is 13.6. The molecule has 1 saturated carbocycles. The van der Waals surface area contributed by atoms with Crippen molar-refractivity contribution < 1.29 is 19.7 Å². The van der Waals surface area contributed by atoms with Crippen LogP contribution in [0.3, 0.4) is 0 Å². The van der Waals surface area contributed by atoms with Crippen molar-refractivity contribution in [3.63, 3.8) is 0 Å². The highest BCUT2D eigenvalue weighted by atomic mass is 16.5. The summed E-state index contributed by atoms with van der Waals surface area (Å²) in [5.74, 6) is 0.438. The summed E-state index contributed by atoms with van der Waals surface area (Å²) in [6, 6.07) is 7.23. The summed E-state index contributed by atoms with van der Waals surface area (Å²) in [7, 11) is 0. The lowest BCUT2D eigenvalue weighted by atomic mass is 9.75. The minimum Gasteiger partial charge on any atom is -0.478 e. The van der Waals surface area contributed by atoms with Gasteiger partial charge in [0.05, 0.1) is 23.9 Å². The molecule has 1 aromatic rings. The van der Waals surface area contributed by atoms with Crippen LogP contribution >= 0.6 is 0 Å². The fourth-order valence-electron chi connectivity index (χ4n) is 5.48.